The van der Waals surface area contributed by atoms with Crippen molar-refractivity contribution in [1.29, 1.82) is 0 Å². The SMILES string of the molecule is COc1cc(-c2cc(CN3CCN(S(=O)(=O)c4ccccc4[N+](=O)[O-])[C@@H](C(C)C)C3=O)ccn2)cc(OC)c1OC. The number of amides is 1. The second-order valence-corrected chi connectivity index (χ2v) is 11.6. The lowest BCUT2D eigenvalue weighted by Crippen LogP contribution is -2.60. The lowest BCUT2D eigenvalue weighted by Gasteiger charge is -2.41. The van der Waals surface area contributed by atoms with Gasteiger partial charge < -0.3 is 19.1 Å². The van der Waals surface area contributed by atoms with Crippen LogP contribution in [0.2, 0.25) is 0 Å². The number of hydrogen-bond acceptors (Lipinski definition) is 9. The fourth-order valence-electron chi connectivity index (χ4n) is 4.96. The average Bonchev–Trinajstić information content (AvgIpc) is 2.97. The van der Waals surface area contributed by atoms with Gasteiger partial charge in [0.2, 0.25) is 11.7 Å². The number of nitro groups is 1. The standard InChI is InChI=1S/C28H32N4O8S/c1-18(2)26-28(33)30(12-13-31(26)41(36,37)25-9-7-6-8-22(25)32(34)35)17-19-10-11-29-21(14-19)20-15-23(38-3)27(40-5)24(16-20)39-4/h6-11,14-16,18,26H,12-13,17H2,1-5H3/t26-/m0/s1. The van der Waals surface area contributed by atoms with Crippen LogP contribution in [0.3, 0.4) is 0 Å². The summed E-state index contributed by atoms with van der Waals surface area (Å²) in [5, 5.41) is 11.5. The molecule has 1 aliphatic rings. The highest BCUT2D eigenvalue weighted by molar-refractivity contribution is 7.89. The van der Waals surface area contributed by atoms with Gasteiger partial charge in [0.05, 0.1) is 31.9 Å². The van der Waals surface area contributed by atoms with Gasteiger partial charge in [0.25, 0.3) is 15.7 Å². The lowest BCUT2D eigenvalue weighted by atomic mass is 10.0. The zero-order chi connectivity index (χ0) is 29.9. The van der Waals surface area contributed by atoms with Gasteiger partial charge >= 0.3 is 0 Å². The molecule has 1 saturated heterocycles. The van der Waals surface area contributed by atoms with E-state index in [-0.39, 0.29) is 31.5 Å². The molecule has 3 aromatic rings. The summed E-state index contributed by atoms with van der Waals surface area (Å²) in [4.78, 5) is 30.2. The normalized spacial score (nSPS) is 16.1. The maximum absolute atomic E-state index is 13.7. The average molecular weight is 585 g/mol. The van der Waals surface area contributed by atoms with Gasteiger partial charge in [0.15, 0.2) is 16.4 Å². The Bertz CT molecular complexity index is 1540. The van der Waals surface area contributed by atoms with Crippen LogP contribution in [0.25, 0.3) is 11.3 Å². The van der Waals surface area contributed by atoms with Crippen molar-refractivity contribution < 1.29 is 32.3 Å². The van der Waals surface area contributed by atoms with Crippen LogP contribution in [0.1, 0.15) is 19.4 Å². The van der Waals surface area contributed by atoms with E-state index in [1.165, 1.54) is 39.5 Å². The van der Waals surface area contributed by atoms with Crippen LogP contribution in [-0.4, -0.2) is 73.9 Å². The van der Waals surface area contributed by atoms with Crippen LogP contribution in [0.4, 0.5) is 5.69 Å². The number of pyridine rings is 1. The van der Waals surface area contributed by atoms with Crippen molar-refractivity contribution in [1.82, 2.24) is 14.2 Å². The van der Waals surface area contributed by atoms with E-state index >= 15 is 0 Å². The topological polar surface area (TPSA) is 141 Å². The maximum atomic E-state index is 13.7. The van der Waals surface area contributed by atoms with Crippen LogP contribution in [0, 0.1) is 16.0 Å². The molecule has 1 aliphatic heterocycles. The van der Waals surface area contributed by atoms with E-state index in [1.807, 2.05) is 6.07 Å². The summed E-state index contributed by atoms with van der Waals surface area (Å²) in [6, 6.07) is 11.3. The maximum Gasteiger partial charge on any atom is 0.289 e. The first-order chi connectivity index (χ1) is 19.5. The van der Waals surface area contributed by atoms with Gasteiger partial charge in [0, 0.05) is 37.5 Å². The third-order valence-corrected chi connectivity index (χ3v) is 8.83. The van der Waals surface area contributed by atoms with E-state index in [9.17, 15) is 23.3 Å². The van der Waals surface area contributed by atoms with Crippen LogP contribution in [0.15, 0.2) is 59.6 Å². The largest absolute Gasteiger partial charge is 0.493 e. The number of rotatable bonds is 10. The van der Waals surface area contributed by atoms with Crippen molar-refractivity contribution in [3.63, 3.8) is 0 Å². The number of sulfonamides is 1. The number of hydrogen-bond donors (Lipinski definition) is 0. The zero-order valence-corrected chi connectivity index (χ0v) is 24.3. The van der Waals surface area contributed by atoms with Gasteiger partial charge in [-0.25, -0.2) is 8.42 Å². The number of para-hydroxylation sites is 1. The van der Waals surface area contributed by atoms with Gasteiger partial charge in [0.1, 0.15) is 6.04 Å². The molecule has 0 N–H and O–H groups in total. The van der Waals surface area contributed by atoms with E-state index in [1.54, 1.807) is 43.1 Å². The van der Waals surface area contributed by atoms with Crippen molar-refractivity contribution in [3.05, 3.63) is 70.4 Å². The summed E-state index contributed by atoms with van der Waals surface area (Å²) in [5.74, 6) is 0.642. The van der Waals surface area contributed by atoms with E-state index in [4.69, 9.17) is 14.2 Å². The number of aromatic nitrogens is 1. The number of nitro benzene ring substituents is 1. The van der Waals surface area contributed by atoms with E-state index in [0.717, 1.165) is 15.9 Å². The third-order valence-electron chi connectivity index (χ3n) is 6.90. The molecule has 0 unspecified atom stereocenters. The van der Waals surface area contributed by atoms with Gasteiger partial charge in [-0.1, -0.05) is 26.0 Å². The minimum atomic E-state index is -4.32. The van der Waals surface area contributed by atoms with E-state index < -0.39 is 31.6 Å². The lowest BCUT2D eigenvalue weighted by molar-refractivity contribution is -0.387. The molecule has 0 saturated carbocycles. The highest BCUT2D eigenvalue weighted by Gasteiger charge is 2.45. The van der Waals surface area contributed by atoms with Crippen molar-refractivity contribution in [2.45, 2.75) is 31.3 Å². The Morgan fingerprint density at radius 3 is 2.27 bits per heavy atom. The Morgan fingerprint density at radius 1 is 1.02 bits per heavy atom. The second-order valence-electron chi connectivity index (χ2n) is 9.75. The predicted molar refractivity (Wildman–Crippen MR) is 150 cm³/mol. The molecule has 0 radical (unpaired) electrons. The molecule has 4 rings (SSSR count). The molecule has 1 fully saturated rings. The third kappa shape index (κ3) is 5.81. The Kier molecular flexibility index (Phi) is 8.78. The quantitative estimate of drug-likeness (QED) is 0.257. The Hall–Kier alpha value is -4.23. The number of ether oxygens (including phenoxy) is 3. The van der Waals surface area contributed by atoms with E-state index in [2.05, 4.69) is 4.98 Å². The fraction of sp³-hybridized carbons (Fsp3) is 0.357. The summed E-state index contributed by atoms with van der Waals surface area (Å²) in [6.45, 7) is 3.84. The van der Waals surface area contributed by atoms with Crippen LogP contribution < -0.4 is 14.2 Å². The van der Waals surface area contributed by atoms with Crippen LogP contribution >= 0.6 is 0 Å². The molecule has 1 atom stereocenters. The number of carbonyl (C=O) groups is 1. The van der Waals surface area contributed by atoms with Gasteiger partial charge in [-0.15, -0.1) is 0 Å². The molecule has 1 aromatic heterocycles. The summed E-state index contributed by atoms with van der Waals surface area (Å²) < 4.78 is 44.6. The highest BCUT2D eigenvalue weighted by Crippen LogP contribution is 2.41. The molecular formula is C28H32N4O8S. The second kappa shape index (κ2) is 12.1. The number of benzene rings is 2. The molecular weight excluding hydrogens is 552 g/mol. The smallest absolute Gasteiger partial charge is 0.289 e. The molecule has 13 heteroatoms. The molecule has 0 bridgehead atoms. The number of piperazine rings is 1. The van der Waals surface area contributed by atoms with Crippen LogP contribution in [-0.2, 0) is 21.4 Å². The Balaban J connectivity index is 1.62. The number of methoxy groups -OCH3 is 3. The number of nitrogens with zero attached hydrogens (tertiary/aromatic N) is 4. The highest BCUT2D eigenvalue weighted by atomic mass is 32.2. The summed E-state index contributed by atoms with van der Waals surface area (Å²) >= 11 is 0. The van der Waals surface area contributed by atoms with Gasteiger partial charge in [-0.3, -0.25) is 19.9 Å². The summed E-state index contributed by atoms with van der Waals surface area (Å²) in [7, 11) is 0.248. The molecule has 2 heterocycles. The number of carbonyl (C=O) groups excluding carboxylic acids is 1. The predicted octanol–water partition coefficient (Wildman–Crippen LogP) is 3.74. The van der Waals surface area contributed by atoms with Gasteiger partial charge in [-0.05, 0) is 41.8 Å². The molecule has 12 nitrogen and oxygen atoms in total. The molecule has 2 aromatic carbocycles. The first kappa shape index (κ1) is 29.7. The van der Waals surface area contributed by atoms with Crippen molar-refractivity contribution in [2.24, 2.45) is 5.92 Å². The molecule has 1 amide bonds. The van der Waals surface area contributed by atoms with E-state index in [0.29, 0.717) is 28.5 Å². The van der Waals surface area contributed by atoms with Crippen molar-refractivity contribution in [2.75, 3.05) is 34.4 Å². The zero-order valence-electron chi connectivity index (χ0n) is 23.4. The van der Waals surface area contributed by atoms with Crippen LogP contribution in [0.5, 0.6) is 17.2 Å². The van der Waals surface area contributed by atoms with Crippen molar-refractivity contribution >= 4 is 21.6 Å². The molecule has 0 aliphatic carbocycles. The monoisotopic (exact) mass is 584 g/mol. The first-order valence-corrected chi connectivity index (χ1v) is 14.3. The minimum absolute atomic E-state index is 0.00616. The minimum Gasteiger partial charge on any atom is -0.493 e. The molecule has 41 heavy (non-hydrogen) atoms. The Labute approximate surface area is 238 Å². The molecule has 0 spiro atoms. The fourth-order valence-corrected chi connectivity index (χ4v) is 6.82. The Morgan fingerprint density at radius 2 is 1.68 bits per heavy atom. The first-order valence-electron chi connectivity index (χ1n) is 12.8. The summed E-state index contributed by atoms with van der Waals surface area (Å²) in [5.41, 5.74) is 1.59. The van der Waals surface area contributed by atoms with Crippen molar-refractivity contribution in [3.8, 4) is 28.5 Å². The summed E-state index contributed by atoms with van der Waals surface area (Å²) in [6.07, 6.45) is 1.63. The van der Waals surface area contributed by atoms with Gasteiger partial charge in [-0.2, -0.15) is 4.31 Å². The molecule has 218 valence electrons.